The van der Waals surface area contributed by atoms with Crippen LogP contribution in [0.5, 0.6) is 0 Å². The minimum Gasteiger partial charge on any atom is -0.464 e. The number of halogens is 1. The minimum atomic E-state index is -0.972. The second-order valence-corrected chi connectivity index (χ2v) is 5.08. The first-order chi connectivity index (χ1) is 9.40. The molecule has 0 aliphatic carbocycles. The van der Waals surface area contributed by atoms with Gasteiger partial charge in [0.1, 0.15) is 11.4 Å². The number of carbonyl (C=O) groups excluding carboxylic acids is 1. The van der Waals surface area contributed by atoms with Crippen molar-refractivity contribution in [3.63, 3.8) is 0 Å². The summed E-state index contributed by atoms with van der Waals surface area (Å²) in [6.45, 7) is 5.25. The summed E-state index contributed by atoms with van der Waals surface area (Å²) in [5, 5.41) is 3.21. The standard InChI is InChI=1S/C15H23FN2O2/c1-5-20-14(19)15(2,17-10-11-18(3)4)12-6-8-13(16)9-7-12/h6-9,17H,5,10-11H2,1-4H3. The van der Waals surface area contributed by atoms with Gasteiger partial charge in [0.05, 0.1) is 6.61 Å². The first-order valence-corrected chi connectivity index (χ1v) is 6.73. The summed E-state index contributed by atoms with van der Waals surface area (Å²) in [6.07, 6.45) is 0. The number of nitrogens with one attached hydrogen (secondary N) is 1. The molecule has 1 aromatic carbocycles. The summed E-state index contributed by atoms with van der Waals surface area (Å²) in [5.41, 5.74) is -0.282. The van der Waals surface area contributed by atoms with Gasteiger partial charge in [0.25, 0.3) is 0 Å². The molecule has 1 aromatic rings. The molecular weight excluding hydrogens is 259 g/mol. The Bertz CT molecular complexity index is 434. The van der Waals surface area contributed by atoms with Gasteiger partial charge in [0.15, 0.2) is 0 Å². The van der Waals surface area contributed by atoms with E-state index < -0.39 is 5.54 Å². The van der Waals surface area contributed by atoms with Gasteiger partial charge < -0.3 is 9.64 Å². The van der Waals surface area contributed by atoms with Gasteiger partial charge >= 0.3 is 5.97 Å². The molecule has 4 nitrogen and oxygen atoms in total. The van der Waals surface area contributed by atoms with E-state index in [2.05, 4.69) is 5.32 Å². The molecule has 0 radical (unpaired) electrons. The predicted octanol–water partition coefficient (Wildman–Crippen LogP) is 1.76. The van der Waals surface area contributed by atoms with E-state index in [0.29, 0.717) is 18.7 Å². The molecule has 5 heteroatoms. The van der Waals surface area contributed by atoms with Crippen molar-refractivity contribution in [2.45, 2.75) is 19.4 Å². The Morgan fingerprint density at radius 1 is 1.35 bits per heavy atom. The lowest BCUT2D eigenvalue weighted by molar-refractivity contribution is -0.151. The van der Waals surface area contributed by atoms with Crippen molar-refractivity contribution in [1.29, 1.82) is 0 Å². The number of rotatable bonds is 7. The van der Waals surface area contributed by atoms with E-state index >= 15 is 0 Å². The van der Waals surface area contributed by atoms with Gasteiger partial charge in [-0.25, -0.2) is 9.18 Å². The van der Waals surface area contributed by atoms with E-state index in [1.165, 1.54) is 12.1 Å². The first kappa shape index (κ1) is 16.6. The third-order valence-electron chi connectivity index (χ3n) is 3.14. The van der Waals surface area contributed by atoms with Gasteiger partial charge in [-0.15, -0.1) is 0 Å². The lowest BCUT2D eigenvalue weighted by Gasteiger charge is -2.29. The highest BCUT2D eigenvalue weighted by Gasteiger charge is 2.36. The third-order valence-corrected chi connectivity index (χ3v) is 3.14. The molecule has 112 valence electrons. The van der Waals surface area contributed by atoms with Crippen LogP contribution in [-0.2, 0) is 15.1 Å². The summed E-state index contributed by atoms with van der Waals surface area (Å²) in [7, 11) is 3.92. The van der Waals surface area contributed by atoms with Gasteiger partial charge in [-0.05, 0) is 45.6 Å². The van der Waals surface area contributed by atoms with Crippen LogP contribution in [0.1, 0.15) is 19.4 Å². The molecule has 1 unspecified atom stereocenters. The van der Waals surface area contributed by atoms with Crippen LogP contribution >= 0.6 is 0 Å². The summed E-state index contributed by atoms with van der Waals surface area (Å²) in [5.74, 6) is -0.682. The van der Waals surface area contributed by atoms with Crippen molar-refractivity contribution in [2.75, 3.05) is 33.8 Å². The number of carbonyl (C=O) groups is 1. The fourth-order valence-corrected chi connectivity index (χ4v) is 1.88. The maximum Gasteiger partial charge on any atom is 0.330 e. The lowest BCUT2D eigenvalue weighted by atomic mass is 9.92. The maximum atomic E-state index is 13.0. The molecule has 0 saturated heterocycles. The van der Waals surface area contributed by atoms with Crippen molar-refractivity contribution < 1.29 is 13.9 Å². The van der Waals surface area contributed by atoms with E-state index in [1.54, 1.807) is 26.0 Å². The largest absolute Gasteiger partial charge is 0.464 e. The third kappa shape index (κ3) is 4.28. The summed E-state index contributed by atoms with van der Waals surface area (Å²) < 4.78 is 18.2. The number of benzene rings is 1. The quantitative estimate of drug-likeness (QED) is 0.774. The second kappa shape index (κ2) is 7.36. The van der Waals surface area contributed by atoms with Gasteiger partial charge in [0.2, 0.25) is 0 Å². The van der Waals surface area contributed by atoms with E-state index in [-0.39, 0.29) is 11.8 Å². The zero-order chi connectivity index (χ0) is 15.2. The summed E-state index contributed by atoms with van der Waals surface area (Å²) in [6, 6.07) is 5.91. The number of ether oxygens (including phenoxy) is 1. The molecule has 0 amide bonds. The Morgan fingerprint density at radius 3 is 2.45 bits per heavy atom. The normalized spacial score (nSPS) is 14.1. The molecule has 0 aliphatic heterocycles. The van der Waals surface area contributed by atoms with E-state index in [0.717, 1.165) is 6.54 Å². The average Bonchev–Trinajstić information content (AvgIpc) is 2.39. The van der Waals surface area contributed by atoms with Crippen LogP contribution in [0.3, 0.4) is 0 Å². The monoisotopic (exact) mass is 282 g/mol. The number of esters is 1. The van der Waals surface area contributed by atoms with Gasteiger partial charge in [-0.2, -0.15) is 0 Å². The van der Waals surface area contributed by atoms with E-state index in [1.807, 2.05) is 19.0 Å². The molecule has 1 atom stereocenters. The zero-order valence-electron chi connectivity index (χ0n) is 12.6. The SMILES string of the molecule is CCOC(=O)C(C)(NCCN(C)C)c1ccc(F)cc1. The van der Waals surface area contributed by atoms with Crippen molar-refractivity contribution in [3.8, 4) is 0 Å². The van der Waals surface area contributed by atoms with Gasteiger partial charge in [-0.1, -0.05) is 12.1 Å². The smallest absolute Gasteiger partial charge is 0.330 e. The minimum absolute atomic E-state index is 0.310. The Morgan fingerprint density at radius 2 is 1.95 bits per heavy atom. The number of hydrogen-bond acceptors (Lipinski definition) is 4. The Hall–Kier alpha value is -1.46. The van der Waals surface area contributed by atoms with E-state index in [9.17, 15) is 9.18 Å². The van der Waals surface area contributed by atoms with Crippen molar-refractivity contribution >= 4 is 5.97 Å². The van der Waals surface area contributed by atoms with Crippen LogP contribution in [0.15, 0.2) is 24.3 Å². The molecule has 0 heterocycles. The molecular formula is C15H23FN2O2. The Labute approximate surface area is 119 Å². The first-order valence-electron chi connectivity index (χ1n) is 6.73. The fraction of sp³-hybridized carbons (Fsp3) is 0.533. The molecule has 0 fully saturated rings. The summed E-state index contributed by atoms with van der Waals surface area (Å²) in [4.78, 5) is 14.3. The average molecular weight is 282 g/mol. The summed E-state index contributed by atoms with van der Waals surface area (Å²) >= 11 is 0. The Balaban J connectivity index is 2.93. The topological polar surface area (TPSA) is 41.6 Å². The highest BCUT2D eigenvalue weighted by Crippen LogP contribution is 2.22. The molecule has 0 aromatic heterocycles. The fourth-order valence-electron chi connectivity index (χ4n) is 1.88. The molecule has 0 aliphatic rings. The van der Waals surface area contributed by atoms with Crippen LogP contribution in [-0.4, -0.2) is 44.7 Å². The molecule has 1 N–H and O–H groups in total. The molecule has 1 rings (SSSR count). The molecule has 20 heavy (non-hydrogen) atoms. The second-order valence-electron chi connectivity index (χ2n) is 5.08. The van der Waals surface area contributed by atoms with Crippen LogP contribution in [0.4, 0.5) is 4.39 Å². The highest BCUT2D eigenvalue weighted by atomic mass is 19.1. The molecule has 0 spiro atoms. The van der Waals surface area contributed by atoms with Crippen LogP contribution in [0.2, 0.25) is 0 Å². The Kier molecular flexibility index (Phi) is 6.10. The lowest BCUT2D eigenvalue weighted by Crippen LogP contribution is -2.49. The van der Waals surface area contributed by atoms with Crippen LogP contribution < -0.4 is 5.32 Å². The van der Waals surface area contributed by atoms with Crippen molar-refractivity contribution in [1.82, 2.24) is 10.2 Å². The van der Waals surface area contributed by atoms with Crippen molar-refractivity contribution in [2.24, 2.45) is 0 Å². The number of likely N-dealkylation sites (N-methyl/N-ethyl adjacent to an activating group) is 1. The van der Waals surface area contributed by atoms with Crippen LogP contribution in [0, 0.1) is 5.82 Å². The maximum absolute atomic E-state index is 13.0. The predicted molar refractivity (Wildman–Crippen MR) is 76.9 cm³/mol. The van der Waals surface area contributed by atoms with Crippen LogP contribution in [0.25, 0.3) is 0 Å². The number of nitrogens with zero attached hydrogens (tertiary/aromatic N) is 1. The van der Waals surface area contributed by atoms with Gasteiger partial charge in [0, 0.05) is 13.1 Å². The highest BCUT2D eigenvalue weighted by molar-refractivity contribution is 5.82. The van der Waals surface area contributed by atoms with Gasteiger partial charge in [-0.3, -0.25) is 5.32 Å². The molecule has 0 bridgehead atoms. The number of hydrogen-bond donors (Lipinski definition) is 1. The zero-order valence-corrected chi connectivity index (χ0v) is 12.6. The molecule has 0 saturated carbocycles. The van der Waals surface area contributed by atoms with E-state index in [4.69, 9.17) is 4.74 Å². The van der Waals surface area contributed by atoms with Crippen molar-refractivity contribution in [3.05, 3.63) is 35.6 Å².